The van der Waals surface area contributed by atoms with Gasteiger partial charge in [-0.3, -0.25) is 4.79 Å². The molecule has 0 saturated carbocycles. The van der Waals surface area contributed by atoms with Crippen LogP contribution in [-0.4, -0.2) is 42.5 Å². The van der Waals surface area contributed by atoms with Crippen molar-refractivity contribution in [1.29, 1.82) is 0 Å². The summed E-state index contributed by atoms with van der Waals surface area (Å²) in [5.74, 6) is -1.48. The Kier molecular flexibility index (Phi) is 6.09. The molecule has 1 amide bonds. The van der Waals surface area contributed by atoms with Gasteiger partial charge in [-0.05, 0) is 35.2 Å². The number of methoxy groups -OCH3 is 1. The van der Waals surface area contributed by atoms with Crippen molar-refractivity contribution in [1.82, 2.24) is 4.90 Å². The van der Waals surface area contributed by atoms with Gasteiger partial charge in [0.05, 0.1) is 12.7 Å². The van der Waals surface area contributed by atoms with Gasteiger partial charge in [0.1, 0.15) is 6.04 Å². The van der Waals surface area contributed by atoms with Crippen LogP contribution in [0, 0.1) is 0 Å². The molecule has 0 aliphatic carbocycles. The smallest absolute Gasteiger partial charge is 0.338 e. The monoisotopic (exact) mass is 381 g/mol. The van der Waals surface area contributed by atoms with Crippen LogP contribution < -0.4 is 0 Å². The molecule has 146 valence electrons. The maximum atomic E-state index is 12.7. The topological polar surface area (TPSA) is 72.9 Å². The molecule has 6 nitrogen and oxygen atoms in total. The van der Waals surface area contributed by atoms with Gasteiger partial charge < -0.3 is 14.4 Å². The third-order valence-electron chi connectivity index (χ3n) is 4.97. The molecule has 1 aliphatic heterocycles. The summed E-state index contributed by atoms with van der Waals surface area (Å²) in [4.78, 5) is 38.5. The Hall–Kier alpha value is -3.15. The van der Waals surface area contributed by atoms with Crippen molar-refractivity contribution in [2.75, 3.05) is 13.7 Å². The molecule has 0 saturated heterocycles. The van der Waals surface area contributed by atoms with Gasteiger partial charge in [-0.2, -0.15) is 0 Å². The number of amides is 1. The van der Waals surface area contributed by atoms with Gasteiger partial charge >= 0.3 is 11.9 Å². The lowest BCUT2D eigenvalue weighted by Gasteiger charge is -2.35. The second kappa shape index (κ2) is 8.69. The van der Waals surface area contributed by atoms with E-state index in [1.807, 2.05) is 43.3 Å². The van der Waals surface area contributed by atoms with E-state index in [1.54, 1.807) is 12.1 Å². The Morgan fingerprint density at radius 3 is 2.36 bits per heavy atom. The predicted molar refractivity (Wildman–Crippen MR) is 103 cm³/mol. The zero-order valence-electron chi connectivity index (χ0n) is 16.0. The van der Waals surface area contributed by atoms with Crippen molar-refractivity contribution < 1.29 is 23.9 Å². The summed E-state index contributed by atoms with van der Waals surface area (Å²) in [5.41, 5.74) is 3.48. The van der Waals surface area contributed by atoms with E-state index in [-0.39, 0.29) is 6.54 Å². The lowest BCUT2D eigenvalue weighted by Crippen LogP contribution is -2.50. The van der Waals surface area contributed by atoms with Gasteiger partial charge in [0, 0.05) is 13.0 Å². The van der Waals surface area contributed by atoms with Crippen molar-refractivity contribution >= 4 is 17.8 Å². The quantitative estimate of drug-likeness (QED) is 0.744. The van der Waals surface area contributed by atoms with Crippen molar-refractivity contribution in [2.45, 2.75) is 32.4 Å². The van der Waals surface area contributed by atoms with Gasteiger partial charge in [-0.1, -0.05) is 43.3 Å². The van der Waals surface area contributed by atoms with E-state index in [1.165, 1.54) is 12.0 Å². The fourth-order valence-corrected chi connectivity index (χ4v) is 3.30. The number of benzene rings is 2. The first-order valence-electron chi connectivity index (χ1n) is 9.23. The molecule has 0 aromatic heterocycles. The second-order valence-corrected chi connectivity index (χ2v) is 6.66. The van der Waals surface area contributed by atoms with Gasteiger partial charge in [0.2, 0.25) is 0 Å². The fraction of sp³-hybridized carbons (Fsp3) is 0.318. The molecule has 0 spiro atoms. The van der Waals surface area contributed by atoms with E-state index in [4.69, 9.17) is 9.47 Å². The highest BCUT2D eigenvalue weighted by atomic mass is 16.5. The Morgan fingerprint density at radius 2 is 1.71 bits per heavy atom. The molecule has 6 heteroatoms. The first-order valence-corrected chi connectivity index (χ1v) is 9.23. The van der Waals surface area contributed by atoms with Crippen LogP contribution in [0.1, 0.15) is 34.0 Å². The van der Waals surface area contributed by atoms with Gasteiger partial charge in [0.15, 0.2) is 6.61 Å². The van der Waals surface area contributed by atoms with Crippen LogP contribution in [0.3, 0.4) is 0 Å². The first-order chi connectivity index (χ1) is 13.5. The highest BCUT2D eigenvalue weighted by molar-refractivity contribution is 5.92. The van der Waals surface area contributed by atoms with Crippen LogP contribution >= 0.6 is 0 Å². The minimum Gasteiger partial charge on any atom is -0.467 e. The summed E-state index contributed by atoms with van der Waals surface area (Å²) in [6.07, 6.45) is 1.25. The molecule has 0 bridgehead atoms. The highest BCUT2D eigenvalue weighted by Crippen LogP contribution is 2.24. The van der Waals surface area contributed by atoms with Crippen molar-refractivity contribution in [3.63, 3.8) is 0 Å². The molecular formula is C22H23NO5. The predicted octanol–water partition coefficient (Wildman–Crippen LogP) is 2.53. The van der Waals surface area contributed by atoms with Crippen LogP contribution in [0.4, 0.5) is 0 Å². The van der Waals surface area contributed by atoms with E-state index < -0.39 is 30.5 Å². The van der Waals surface area contributed by atoms with E-state index in [0.717, 1.165) is 23.1 Å². The van der Waals surface area contributed by atoms with E-state index in [2.05, 4.69) is 0 Å². The molecule has 0 unspecified atom stereocenters. The number of aryl methyl sites for hydroxylation is 1. The zero-order chi connectivity index (χ0) is 20.1. The van der Waals surface area contributed by atoms with Crippen molar-refractivity contribution in [2.24, 2.45) is 0 Å². The number of carbonyl (C=O) groups excluding carboxylic acids is 3. The summed E-state index contributed by atoms with van der Waals surface area (Å²) < 4.78 is 10.0. The number of hydrogen-bond acceptors (Lipinski definition) is 5. The lowest BCUT2D eigenvalue weighted by molar-refractivity contribution is -0.155. The van der Waals surface area contributed by atoms with Crippen LogP contribution in [0.25, 0.3) is 0 Å². The average molecular weight is 381 g/mol. The second-order valence-electron chi connectivity index (χ2n) is 6.66. The number of ether oxygens (including phenoxy) is 2. The van der Waals surface area contributed by atoms with Gasteiger partial charge in [-0.15, -0.1) is 0 Å². The highest BCUT2D eigenvalue weighted by Gasteiger charge is 2.35. The largest absolute Gasteiger partial charge is 0.467 e. The molecule has 28 heavy (non-hydrogen) atoms. The summed E-state index contributed by atoms with van der Waals surface area (Å²) >= 11 is 0. The minimum absolute atomic E-state index is 0.275. The molecule has 1 aliphatic rings. The number of carbonyl (C=O) groups is 3. The molecular weight excluding hydrogens is 358 g/mol. The summed E-state index contributed by atoms with van der Waals surface area (Å²) in [7, 11) is 1.30. The standard InChI is InChI=1S/C22H23NO5/c1-3-15-8-10-16(11-9-15)21(25)28-14-20(24)23-13-18-7-5-4-6-17(18)12-19(23)22(26)27-2/h4-11,19H,3,12-14H2,1-2H3/t19-/m1/s1. The molecule has 3 rings (SSSR count). The molecule has 2 aromatic carbocycles. The summed E-state index contributed by atoms with van der Waals surface area (Å²) in [6.45, 7) is 1.88. The molecule has 0 fully saturated rings. The average Bonchev–Trinajstić information content (AvgIpc) is 2.75. The van der Waals surface area contributed by atoms with Gasteiger partial charge in [-0.25, -0.2) is 9.59 Å². The first kappa shape index (κ1) is 19.6. The van der Waals surface area contributed by atoms with Crippen LogP contribution in [0.5, 0.6) is 0 Å². The van der Waals surface area contributed by atoms with Crippen LogP contribution in [-0.2, 0) is 38.4 Å². The van der Waals surface area contributed by atoms with E-state index >= 15 is 0 Å². The zero-order valence-corrected chi connectivity index (χ0v) is 16.0. The number of hydrogen-bond donors (Lipinski definition) is 0. The molecule has 1 heterocycles. The van der Waals surface area contributed by atoms with E-state index in [0.29, 0.717) is 12.0 Å². The lowest BCUT2D eigenvalue weighted by atomic mass is 9.94. The summed E-state index contributed by atoms with van der Waals surface area (Å²) in [5, 5.41) is 0. The molecule has 0 N–H and O–H groups in total. The minimum atomic E-state index is -0.727. The molecule has 2 aromatic rings. The van der Waals surface area contributed by atoms with Crippen molar-refractivity contribution in [3.05, 3.63) is 70.8 Å². The maximum Gasteiger partial charge on any atom is 0.338 e. The Labute approximate surface area is 164 Å². The molecule has 1 atom stereocenters. The number of fused-ring (bicyclic) bond motifs is 1. The van der Waals surface area contributed by atoms with E-state index in [9.17, 15) is 14.4 Å². The Bertz CT molecular complexity index is 875. The Balaban J connectivity index is 1.69. The third kappa shape index (κ3) is 4.22. The fourth-order valence-electron chi connectivity index (χ4n) is 3.30. The van der Waals surface area contributed by atoms with Crippen LogP contribution in [0.2, 0.25) is 0 Å². The normalized spacial score (nSPS) is 15.5. The number of esters is 2. The maximum absolute atomic E-state index is 12.7. The van der Waals surface area contributed by atoms with Crippen molar-refractivity contribution in [3.8, 4) is 0 Å². The molecule has 0 radical (unpaired) electrons. The third-order valence-corrected chi connectivity index (χ3v) is 4.97. The number of nitrogens with zero attached hydrogens (tertiary/aromatic N) is 1. The number of rotatable bonds is 5. The SMILES string of the molecule is CCc1ccc(C(=O)OCC(=O)N2Cc3ccccc3C[C@@H]2C(=O)OC)cc1. The van der Waals surface area contributed by atoms with Crippen LogP contribution in [0.15, 0.2) is 48.5 Å². The summed E-state index contributed by atoms with van der Waals surface area (Å²) in [6, 6.07) is 14.0. The van der Waals surface area contributed by atoms with Gasteiger partial charge in [0.25, 0.3) is 5.91 Å². The Morgan fingerprint density at radius 1 is 1.04 bits per heavy atom.